The number of furan rings is 1. The predicted molar refractivity (Wildman–Crippen MR) is 79.6 cm³/mol. The number of amides is 2. The average Bonchev–Trinajstić information content (AvgIpc) is 3.16. The highest BCUT2D eigenvalue weighted by Gasteiger charge is 2.16. The molecule has 0 spiro atoms. The van der Waals surface area contributed by atoms with Crippen molar-refractivity contribution in [2.75, 3.05) is 6.54 Å². The van der Waals surface area contributed by atoms with Gasteiger partial charge in [-0.3, -0.25) is 9.59 Å². The molecular formula is C15H17N3O4. The van der Waals surface area contributed by atoms with Gasteiger partial charge in [-0.25, -0.2) is 0 Å². The SMILES string of the molecule is C[C@H](O)CNC(=O)/C(=C/c1ccc[nH]1)NC(=O)c1ccco1. The van der Waals surface area contributed by atoms with Crippen LogP contribution in [-0.4, -0.2) is 34.6 Å². The van der Waals surface area contributed by atoms with Crippen LogP contribution in [-0.2, 0) is 4.79 Å². The lowest BCUT2D eigenvalue weighted by atomic mass is 10.2. The Bertz CT molecular complexity index is 642. The highest BCUT2D eigenvalue weighted by Crippen LogP contribution is 2.06. The van der Waals surface area contributed by atoms with Crippen LogP contribution in [0.3, 0.4) is 0 Å². The van der Waals surface area contributed by atoms with Gasteiger partial charge in [0.2, 0.25) is 0 Å². The van der Waals surface area contributed by atoms with E-state index >= 15 is 0 Å². The monoisotopic (exact) mass is 303 g/mol. The Labute approximate surface area is 127 Å². The number of hydrogen-bond acceptors (Lipinski definition) is 4. The smallest absolute Gasteiger partial charge is 0.291 e. The molecule has 0 bridgehead atoms. The van der Waals surface area contributed by atoms with Crippen molar-refractivity contribution in [3.05, 3.63) is 53.9 Å². The molecule has 0 fully saturated rings. The summed E-state index contributed by atoms with van der Waals surface area (Å²) in [6.07, 6.45) is 3.89. The fourth-order valence-electron chi connectivity index (χ4n) is 1.68. The zero-order valence-electron chi connectivity index (χ0n) is 12.0. The van der Waals surface area contributed by atoms with Gasteiger partial charge in [0.25, 0.3) is 11.8 Å². The minimum absolute atomic E-state index is 0.0458. The molecule has 0 aromatic carbocycles. The molecular weight excluding hydrogens is 286 g/mol. The van der Waals surface area contributed by atoms with E-state index in [1.165, 1.54) is 18.4 Å². The first kappa shape index (κ1) is 15.6. The lowest BCUT2D eigenvalue weighted by Gasteiger charge is -2.11. The van der Waals surface area contributed by atoms with Crippen molar-refractivity contribution in [3.8, 4) is 0 Å². The largest absolute Gasteiger partial charge is 0.459 e. The van der Waals surface area contributed by atoms with Crippen LogP contribution in [0.2, 0.25) is 0 Å². The molecule has 0 aliphatic rings. The molecule has 2 heterocycles. The molecule has 0 aliphatic heterocycles. The summed E-state index contributed by atoms with van der Waals surface area (Å²) in [4.78, 5) is 27.0. The normalized spacial score (nSPS) is 12.7. The molecule has 2 aromatic heterocycles. The zero-order valence-corrected chi connectivity index (χ0v) is 12.0. The highest BCUT2D eigenvalue weighted by atomic mass is 16.3. The van der Waals surface area contributed by atoms with Crippen LogP contribution in [0, 0.1) is 0 Å². The van der Waals surface area contributed by atoms with Gasteiger partial charge in [-0.2, -0.15) is 0 Å². The number of aliphatic hydroxyl groups is 1. The van der Waals surface area contributed by atoms with E-state index in [0.29, 0.717) is 5.69 Å². The molecule has 1 atom stereocenters. The van der Waals surface area contributed by atoms with E-state index in [0.717, 1.165) is 0 Å². The van der Waals surface area contributed by atoms with E-state index in [4.69, 9.17) is 4.42 Å². The van der Waals surface area contributed by atoms with E-state index in [2.05, 4.69) is 15.6 Å². The summed E-state index contributed by atoms with van der Waals surface area (Å²) in [5.41, 5.74) is 0.700. The van der Waals surface area contributed by atoms with Crippen molar-refractivity contribution in [3.63, 3.8) is 0 Å². The van der Waals surface area contributed by atoms with Crippen LogP contribution in [0.5, 0.6) is 0 Å². The number of hydrogen-bond donors (Lipinski definition) is 4. The van der Waals surface area contributed by atoms with Crippen molar-refractivity contribution < 1.29 is 19.1 Å². The molecule has 2 amide bonds. The fraction of sp³-hybridized carbons (Fsp3) is 0.200. The molecule has 7 heteroatoms. The van der Waals surface area contributed by atoms with Crippen LogP contribution in [0.4, 0.5) is 0 Å². The van der Waals surface area contributed by atoms with Gasteiger partial charge in [0.05, 0.1) is 12.4 Å². The van der Waals surface area contributed by atoms with Crippen molar-refractivity contribution in [2.45, 2.75) is 13.0 Å². The molecule has 0 unspecified atom stereocenters. The Hall–Kier alpha value is -2.80. The van der Waals surface area contributed by atoms with E-state index in [1.807, 2.05) is 0 Å². The van der Waals surface area contributed by atoms with Crippen LogP contribution >= 0.6 is 0 Å². The summed E-state index contributed by atoms with van der Waals surface area (Å²) in [5, 5.41) is 14.3. The van der Waals surface area contributed by atoms with E-state index in [1.54, 1.807) is 31.3 Å². The van der Waals surface area contributed by atoms with Crippen molar-refractivity contribution >= 4 is 17.9 Å². The van der Waals surface area contributed by atoms with Gasteiger partial charge in [-0.1, -0.05) is 0 Å². The molecule has 0 saturated carbocycles. The minimum Gasteiger partial charge on any atom is -0.459 e. The number of aromatic nitrogens is 1. The number of carbonyl (C=O) groups is 2. The standard InChI is InChI=1S/C15H17N3O4/c1-10(19)9-17-14(20)12(8-11-4-2-6-16-11)18-15(21)13-5-3-7-22-13/h2-8,10,16,19H,9H2,1H3,(H,17,20)(H,18,21)/b12-8-/t10-/m0/s1. The Morgan fingerprint density at radius 3 is 2.82 bits per heavy atom. The van der Waals surface area contributed by atoms with Crippen molar-refractivity contribution in [1.29, 1.82) is 0 Å². The van der Waals surface area contributed by atoms with Gasteiger partial charge in [-0.15, -0.1) is 0 Å². The first-order valence-corrected chi connectivity index (χ1v) is 6.72. The quantitative estimate of drug-likeness (QED) is 0.594. The second-order valence-electron chi connectivity index (χ2n) is 4.67. The molecule has 0 radical (unpaired) electrons. The van der Waals surface area contributed by atoms with Crippen molar-refractivity contribution in [2.24, 2.45) is 0 Å². The molecule has 4 N–H and O–H groups in total. The third-order valence-corrected chi connectivity index (χ3v) is 2.72. The fourth-order valence-corrected chi connectivity index (χ4v) is 1.68. The first-order chi connectivity index (χ1) is 10.6. The summed E-state index contributed by atoms with van der Waals surface area (Å²) >= 11 is 0. The number of nitrogens with one attached hydrogen (secondary N) is 3. The molecule has 0 aliphatic carbocycles. The number of rotatable bonds is 6. The number of carbonyl (C=O) groups excluding carboxylic acids is 2. The maximum absolute atomic E-state index is 12.1. The molecule has 116 valence electrons. The Balaban J connectivity index is 2.14. The average molecular weight is 303 g/mol. The molecule has 0 saturated heterocycles. The van der Waals surface area contributed by atoms with Gasteiger partial charge in [0.15, 0.2) is 5.76 Å². The van der Waals surface area contributed by atoms with Gasteiger partial charge in [0, 0.05) is 18.4 Å². The summed E-state index contributed by atoms with van der Waals surface area (Å²) in [7, 11) is 0. The van der Waals surface area contributed by atoms with Crippen LogP contribution in [0.15, 0.2) is 46.8 Å². The molecule has 2 aromatic rings. The third-order valence-electron chi connectivity index (χ3n) is 2.72. The number of aliphatic hydroxyl groups excluding tert-OH is 1. The Kier molecular flexibility index (Phi) is 5.16. The number of aromatic amines is 1. The van der Waals surface area contributed by atoms with E-state index in [-0.39, 0.29) is 18.0 Å². The van der Waals surface area contributed by atoms with Crippen LogP contribution in [0.1, 0.15) is 23.2 Å². The van der Waals surface area contributed by atoms with Gasteiger partial charge in [0.1, 0.15) is 5.70 Å². The van der Waals surface area contributed by atoms with Gasteiger partial charge >= 0.3 is 0 Å². The Morgan fingerprint density at radius 2 is 2.23 bits per heavy atom. The summed E-state index contributed by atoms with van der Waals surface area (Å²) in [5.74, 6) is -0.939. The first-order valence-electron chi connectivity index (χ1n) is 6.72. The van der Waals surface area contributed by atoms with Gasteiger partial charge in [-0.05, 0) is 37.3 Å². The molecule has 22 heavy (non-hydrogen) atoms. The topological polar surface area (TPSA) is 107 Å². The van der Waals surface area contributed by atoms with E-state index in [9.17, 15) is 14.7 Å². The summed E-state index contributed by atoms with van der Waals surface area (Å²) in [6, 6.07) is 6.60. The summed E-state index contributed by atoms with van der Waals surface area (Å²) in [6.45, 7) is 1.63. The highest BCUT2D eigenvalue weighted by molar-refractivity contribution is 6.04. The maximum Gasteiger partial charge on any atom is 0.291 e. The second-order valence-corrected chi connectivity index (χ2v) is 4.67. The lowest BCUT2D eigenvalue weighted by Crippen LogP contribution is -2.37. The van der Waals surface area contributed by atoms with E-state index < -0.39 is 17.9 Å². The predicted octanol–water partition coefficient (Wildman–Crippen LogP) is 0.876. The maximum atomic E-state index is 12.1. The van der Waals surface area contributed by atoms with Crippen molar-refractivity contribution in [1.82, 2.24) is 15.6 Å². The number of H-pyrrole nitrogens is 1. The minimum atomic E-state index is -0.684. The summed E-state index contributed by atoms with van der Waals surface area (Å²) < 4.78 is 4.99. The van der Waals surface area contributed by atoms with Crippen LogP contribution < -0.4 is 10.6 Å². The Morgan fingerprint density at radius 1 is 1.41 bits per heavy atom. The third kappa shape index (κ3) is 4.35. The zero-order chi connectivity index (χ0) is 15.9. The van der Waals surface area contributed by atoms with Crippen LogP contribution in [0.25, 0.3) is 6.08 Å². The van der Waals surface area contributed by atoms with Gasteiger partial charge < -0.3 is 25.1 Å². The molecule has 2 rings (SSSR count). The second kappa shape index (κ2) is 7.28. The molecule has 7 nitrogen and oxygen atoms in total. The lowest BCUT2D eigenvalue weighted by molar-refractivity contribution is -0.118.